The molecule has 2 aromatic heterocycles. The summed E-state index contributed by atoms with van der Waals surface area (Å²) >= 11 is 0. The third-order valence-electron chi connectivity index (χ3n) is 3.84. The topological polar surface area (TPSA) is 142 Å². The van der Waals surface area contributed by atoms with E-state index < -0.39 is 16.7 Å². The van der Waals surface area contributed by atoms with Crippen molar-refractivity contribution < 1.29 is 23.7 Å². The van der Waals surface area contributed by atoms with Crippen LogP contribution in [0.4, 0.5) is 11.4 Å². The number of nitro benzene ring substituents is 1. The Hall–Kier alpha value is -4.15. The van der Waals surface area contributed by atoms with E-state index in [2.05, 4.69) is 15.7 Å². The number of carbonyl (C=O) groups excluding carboxylic acids is 2. The number of nitrogens with one attached hydrogen (secondary N) is 2. The van der Waals surface area contributed by atoms with Gasteiger partial charge in [0.2, 0.25) is 0 Å². The molecule has 150 valence electrons. The summed E-state index contributed by atoms with van der Waals surface area (Å²) < 4.78 is 12.3. The number of amides is 2. The zero-order valence-corrected chi connectivity index (χ0v) is 15.5. The molecule has 0 radical (unpaired) electrons. The van der Waals surface area contributed by atoms with Crippen molar-refractivity contribution in [1.82, 2.24) is 15.1 Å². The van der Waals surface area contributed by atoms with Crippen molar-refractivity contribution in [2.45, 2.75) is 6.61 Å². The monoisotopic (exact) mass is 399 g/mol. The SMILES string of the molecule is CNC(=O)c1nn(C)cc1NC(=O)c1ccc(COc2ccccc2[N+](=O)[O-])o1. The molecule has 3 rings (SSSR count). The molecule has 29 heavy (non-hydrogen) atoms. The summed E-state index contributed by atoms with van der Waals surface area (Å²) in [5.41, 5.74) is 0.121. The zero-order valence-electron chi connectivity index (χ0n) is 15.5. The molecule has 11 heteroatoms. The second kappa shape index (κ2) is 8.25. The number of hydrogen-bond donors (Lipinski definition) is 2. The largest absolute Gasteiger partial charge is 0.479 e. The summed E-state index contributed by atoms with van der Waals surface area (Å²) in [4.78, 5) is 34.7. The third kappa shape index (κ3) is 4.40. The smallest absolute Gasteiger partial charge is 0.310 e. The first kappa shape index (κ1) is 19.6. The fraction of sp³-hybridized carbons (Fsp3) is 0.167. The number of hydrogen-bond acceptors (Lipinski definition) is 7. The van der Waals surface area contributed by atoms with Gasteiger partial charge in [0.15, 0.2) is 17.2 Å². The molecule has 2 amide bonds. The van der Waals surface area contributed by atoms with Gasteiger partial charge in [0.05, 0.1) is 10.6 Å². The standard InChI is InChI=1S/C18H17N5O6/c1-19-18(25)16-12(9-22(2)21-16)20-17(24)15-8-7-11(29-15)10-28-14-6-4-3-5-13(14)23(26)27/h3-9H,10H2,1-2H3,(H,19,25)(H,20,24). The second-order valence-electron chi connectivity index (χ2n) is 5.88. The predicted octanol–water partition coefficient (Wildman–Crippen LogP) is 2.11. The van der Waals surface area contributed by atoms with Gasteiger partial charge in [0, 0.05) is 26.4 Å². The van der Waals surface area contributed by atoms with E-state index in [0.717, 1.165) is 0 Å². The second-order valence-corrected chi connectivity index (χ2v) is 5.88. The van der Waals surface area contributed by atoms with Crippen LogP contribution in [0.2, 0.25) is 0 Å². The lowest BCUT2D eigenvalue weighted by molar-refractivity contribution is -0.386. The number of aryl methyl sites for hydroxylation is 1. The van der Waals surface area contributed by atoms with Crippen molar-refractivity contribution in [2.75, 3.05) is 12.4 Å². The van der Waals surface area contributed by atoms with Crippen LogP contribution in [0, 0.1) is 10.1 Å². The quantitative estimate of drug-likeness (QED) is 0.458. The minimum atomic E-state index is -0.583. The zero-order chi connectivity index (χ0) is 21.0. The van der Waals surface area contributed by atoms with E-state index in [0.29, 0.717) is 5.76 Å². The molecule has 0 bridgehead atoms. The maximum Gasteiger partial charge on any atom is 0.310 e. The van der Waals surface area contributed by atoms with Crippen molar-refractivity contribution in [2.24, 2.45) is 7.05 Å². The maximum absolute atomic E-state index is 12.4. The molecule has 0 atom stereocenters. The maximum atomic E-state index is 12.4. The number of nitro groups is 1. The highest BCUT2D eigenvalue weighted by molar-refractivity contribution is 6.06. The van der Waals surface area contributed by atoms with Crippen LogP contribution in [0.3, 0.4) is 0 Å². The highest BCUT2D eigenvalue weighted by Gasteiger charge is 2.20. The summed E-state index contributed by atoms with van der Waals surface area (Å²) in [5, 5.41) is 20.0. The minimum absolute atomic E-state index is 0.0159. The van der Waals surface area contributed by atoms with Crippen molar-refractivity contribution in [3.05, 3.63) is 69.9 Å². The van der Waals surface area contributed by atoms with E-state index in [9.17, 15) is 19.7 Å². The Labute approximate surface area is 164 Å². The van der Waals surface area contributed by atoms with E-state index >= 15 is 0 Å². The summed E-state index contributed by atoms with van der Waals surface area (Å²) in [6.45, 7) is -0.103. The van der Waals surface area contributed by atoms with Gasteiger partial charge < -0.3 is 19.8 Å². The van der Waals surface area contributed by atoms with Gasteiger partial charge in [-0.15, -0.1) is 0 Å². The fourth-order valence-corrected chi connectivity index (χ4v) is 2.51. The van der Waals surface area contributed by atoms with Crippen LogP contribution in [-0.4, -0.2) is 33.6 Å². The molecular weight excluding hydrogens is 382 g/mol. The Bertz CT molecular complexity index is 1070. The van der Waals surface area contributed by atoms with E-state index in [4.69, 9.17) is 9.15 Å². The molecule has 0 aliphatic heterocycles. The third-order valence-corrected chi connectivity index (χ3v) is 3.84. The lowest BCUT2D eigenvalue weighted by Gasteiger charge is -2.05. The first-order valence-corrected chi connectivity index (χ1v) is 8.41. The van der Waals surface area contributed by atoms with E-state index in [1.807, 2.05) is 0 Å². The predicted molar refractivity (Wildman–Crippen MR) is 101 cm³/mol. The van der Waals surface area contributed by atoms with Crippen LogP contribution in [-0.2, 0) is 13.7 Å². The van der Waals surface area contributed by atoms with Gasteiger partial charge in [-0.1, -0.05) is 12.1 Å². The fourth-order valence-electron chi connectivity index (χ4n) is 2.51. The van der Waals surface area contributed by atoms with E-state index in [-0.39, 0.29) is 35.2 Å². The van der Waals surface area contributed by atoms with Crippen molar-refractivity contribution in [3.63, 3.8) is 0 Å². The average Bonchev–Trinajstić information content (AvgIpc) is 3.32. The number of ether oxygens (including phenoxy) is 1. The van der Waals surface area contributed by atoms with Crippen LogP contribution in [0.5, 0.6) is 5.75 Å². The molecule has 3 aromatic rings. The highest BCUT2D eigenvalue weighted by atomic mass is 16.6. The van der Waals surface area contributed by atoms with Crippen LogP contribution in [0.25, 0.3) is 0 Å². The van der Waals surface area contributed by atoms with Crippen molar-refractivity contribution in [3.8, 4) is 5.75 Å². The van der Waals surface area contributed by atoms with Gasteiger partial charge in [-0.25, -0.2) is 0 Å². The van der Waals surface area contributed by atoms with Crippen molar-refractivity contribution in [1.29, 1.82) is 0 Å². The molecule has 11 nitrogen and oxygen atoms in total. The van der Waals surface area contributed by atoms with Crippen LogP contribution < -0.4 is 15.4 Å². The molecule has 0 aliphatic carbocycles. The Morgan fingerprint density at radius 2 is 2.00 bits per heavy atom. The van der Waals surface area contributed by atoms with Gasteiger partial charge in [-0.3, -0.25) is 24.4 Å². The lowest BCUT2D eigenvalue weighted by atomic mass is 10.3. The van der Waals surface area contributed by atoms with Crippen LogP contribution in [0.1, 0.15) is 26.8 Å². The molecule has 0 aliphatic rings. The number of anilines is 1. The first-order valence-electron chi connectivity index (χ1n) is 8.41. The summed E-state index contributed by atoms with van der Waals surface area (Å²) in [6.07, 6.45) is 1.49. The molecule has 0 saturated carbocycles. The minimum Gasteiger partial charge on any atom is -0.479 e. The van der Waals surface area contributed by atoms with Gasteiger partial charge in [-0.05, 0) is 18.2 Å². The number of nitrogens with zero attached hydrogens (tertiary/aromatic N) is 3. The lowest BCUT2D eigenvalue weighted by Crippen LogP contribution is -2.21. The Morgan fingerprint density at radius 1 is 1.24 bits per heavy atom. The normalized spacial score (nSPS) is 10.4. The summed E-state index contributed by atoms with van der Waals surface area (Å²) in [6, 6.07) is 8.90. The number of aromatic nitrogens is 2. The van der Waals surface area contributed by atoms with Gasteiger partial charge >= 0.3 is 5.69 Å². The van der Waals surface area contributed by atoms with Gasteiger partial charge in [0.1, 0.15) is 12.4 Å². The molecule has 0 unspecified atom stereocenters. The molecular formula is C18H17N5O6. The number of benzene rings is 1. The average molecular weight is 399 g/mol. The molecule has 0 fully saturated rings. The Balaban J connectivity index is 1.68. The molecule has 1 aromatic carbocycles. The van der Waals surface area contributed by atoms with E-state index in [1.165, 1.54) is 48.3 Å². The number of rotatable bonds is 7. The van der Waals surface area contributed by atoms with Gasteiger partial charge in [-0.2, -0.15) is 5.10 Å². The Kier molecular flexibility index (Phi) is 5.58. The summed E-state index contributed by atoms with van der Waals surface area (Å²) in [5.74, 6) is -0.659. The van der Waals surface area contributed by atoms with E-state index in [1.54, 1.807) is 13.1 Å². The molecule has 0 spiro atoms. The highest BCUT2D eigenvalue weighted by Crippen LogP contribution is 2.27. The number of furan rings is 1. The van der Waals surface area contributed by atoms with Crippen LogP contribution >= 0.6 is 0 Å². The molecule has 0 saturated heterocycles. The molecule has 2 heterocycles. The number of para-hydroxylation sites is 2. The van der Waals surface area contributed by atoms with Crippen molar-refractivity contribution >= 4 is 23.2 Å². The molecule has 2 N–H and O–H groups in total. The summed E-state index contributed by atoms with van der Waals surface area (Å²) in [7, 11) is 3.08. The number of carbonyl (C=O) groups is 2. The first-order chi connectivity index (χ1) is 13.9. The Morgan fingerprint density at radius 3 is 2.72 bits per heavy atom. The van der Waals surface area contributed by atoms with Gasteiger partial charge in [0.25, 0.3) is 11.8 Å². The van der Waals surface area contributed by atoms with Crippen LogP contribution in [0.15, 0.2) is 47.0 Å².